The second-order valence-electron chi connectivity index (χ2n) is 6.34. The van der Waals surface area contributed by atoms with Crippen LogP contribution < -0.4 is 5.32 Å². The number of esters is 1. The second-order valence-corrected chi connectivity index (χ2v) is 6.34. The number of piperidine rings is 1. The van der Waals surface area contributed by atoms with Crippen LogP contribution in [0.4, 0.5) is 0 Å². The van der Waals surface area contributed by atoms with E-state index in [1.54, 1.807) is 4.90 Å². The number of nitrogens with zero attached hydrogens (tertiary/aromatic N) is 1. The first-order valence-electron chi connectivity index (χ1n) is 8.43. The van der Waals surface area contributed by atoms with Crippen molar-refractivity contribution in [3.05, 3.63) is 35.9 Å². The van der Waals surface area contributed by atoms with Crippen molar-refractivity contribution in [2.45, 2.75) is 38.3 Å². The molecule has 1 N–H and O–H groups in total. The van der Waals surface area contributed by atoms with Gasteiger partial charge in [0, 0.05) is 13.1 Å². The van der Waals surface area contributed by atoms with Gasteiger partial charge in [-0.3, -0.25) is 14.4 Å². The Morgan fingerprint density at radius 3 is 2.79 bits per heavy atom. The van der Waals surface area contributed by atoms with Crippen LogP contribution in [0.15, 0.2) is 30.3 Å². The van der Waals surface area contributed by atoms with E-state index in [0.717, 1.165) is 18.4 Å². The van der Waals surface area contributed by atoms with Crippen LogP contribution in [0.3, 0.4) is 0 Å². The first-order chi connectivity index (χ1) is 11.6. The van der Waals surface area contributed by atoms with E-state index in [0.29, 0.717) is 13.0 Å². The Labute approximate surface area is 141 Å². The lowest BCUT2D eigenvalue weighted by molar-refractivity contribution is -0.150. The van der Waals surface area contributed by atoms with Gasteiger partial charge >= 0.3 is 5.97 Å². The van der Waals surface area contributed by atoms with Gasteiger partial charge < -0.3 is 15.0 Å². The predicted molar refractivity (Wildman–Crippen MR) is 86.7 cm³/mol. The molecule has 1 aromatic rings. The fourth-order valence-corrected chi connectivity index (χ4v) is 3.29. The van der Waals surface area contributed by atoms with Crippen molar-refractivity contribution in [3.8, 4) is 0 Å². The Morgan fingerprint density at radius 1 is 1.21 bits per heavy atom. The molecular weight excluding hydrogens is 308 g/mol. The summed E-state index contributed by atoms with van der Waals surface area (Å²) in [4.78, 5) is 38.5. The molecule has 0 unspecified atom stereocenters. The summed E-state index contributed by atoms with van der Waals surface area (Å²) >= 11 is 0. The summed E-state index contributed by atoms with van der Waals surface area (Å²) in [6.07, 6.45) is 2.55. The number of rotatable bonds is 4. The van der Waals surface area contributed by atoms with E-state index in [2.05, 4.69) is 5.32 Å². The highest BCUT2D eigenvalue weighted by molar-refractivity contribution is 5.92. The molecule has 1 aromatic carbocycles. The number of nitrogens with one attached hydrogen (secondary N) is 1. The normalized spacial score (nSPS) is 23.9. The van der Waals surface area contributed by atoms with Gasteiger partial charge in [-0.05, 0) is 24.8 Å². The Kier molecular flexibility index (Phi) is 5.13. The third-order valence-corrected chi connectivity index (χ3v) is 4.62. The highest BCUT2D eigenvalue weighted by atomic mass is 16.5. The third kappa shape index (κ3) is 3.75. The topological polar surface area (TPSA) is 75.7 Å². The predicted octanol–water partition coefficient (Wildman–Crippen LogP) is 1.25. The van der Waals surface area contributed by atoms with Crippen molar-refractivity contribution in [3.63, 3.8) is 0 Å². The number of carbonyl (C=O) groups is 3. The fraction of sp³-hybridized carbons (Fsp3) is 0.500. The number of carbonyl (C=O) groups excluding carboxylic acids is 3. The molecule has 2 atom stereocenters. The molecule has 0 spiro atoms. The van der Waals surface area contributed by atoms with Gasteiger partial charge in [0.2, 0.25) is 11.8 Å². The minimum atomic E-state index is -0.541. The molecule has 2 aliphatic rings. The van der Waals surface area contributed by atoms with Crippen molar-refractivity contribution >= 4 is 17.8 Å². The zero-order valence-corrected chi connectivity index (χ0v) is 13.6. The lowest BCUT2D eigenvalue weighted by Crippen LogP contribution is -2.49. The molecular formula is C18H22N2O4. The molecule has 0 radical (unpaired) electrons. The van der Waals surface area contributed by atoms with Crippen LogP contribution in [0.1, 0.15) is 31.2 Å². The molecule has 2 amide bonds. The molecule has 6 heteroatoms. The SMILES string of the molecule is O=C(C[C@H]1CNC(=O)[C@H]2CCCCN2C1=O)OCc1ccccc1. The second kappa shape index (κ2) is 7.47. The summed E-state index contributed by atoms with van der Waals surface area (Å²) in [5.74, 6) is -1.18. The highest BCUT2D eigenvalue weighted by Crippen LogP contribution is 2.23. The number of fused-ring (bicyclic) bond motifs is 1. The molecule has 2 aliphatic heterocycles. The van der Waals surface area contributed by atoms with Gasteiger partial charge in [0.1, 0.15) is 12.6 Å². The van der Waals surface area contributed by atoms with Gasteiger partial charge in [-0.15, -0.1) is 0 Å². The zero-order valence-electron chi connectivity index (χ0n) is 13.6. The average molecular weight is 330 g/mol. The van der Waals surface area contributed by atoms with E-state index >= 15 is 0 Å². The maximum absolute atomic E-state index is 12.7. The van der Waals surface area contributed by atoms with E-state index in [4.69, 9.17) is 4.74 Å². The average Bonchev–Trinajstić information content (AvgIpc) is 2.73. The van der Waals surface area contributed by atoms with Crippen LogP contribution in [0.2, 0.25) is 0 Å². The van der Waals surface area contributed by atoms with E-state index in [1.165, 1.54) is 0 Å². The van der Waals surface area contributed by atoms with Crippen LogP contribution in [0.5, 0.6) is 0 Å². The van der Waals surface area contributed by atoms with Gasteiger partial charge in [0.15, 0.2) is 0 Å². The van der Waals surface area contributed by atoms with Gasteiger partial charge in [-0.1, -0.05) is 30.3 Å². The molecule has 2 saturated heterocycles. The van der Waals surface area contributed by atoms with Crippen molar-refractivity contribution in [1.82, 2.24) is 10.2 Å². The number of hydrogen-bond acceptors (Lipinski definition) is 4. The van der Waals surface area contributed by atoms with Crippen molar-refractivity contribution in [2.24, 2.45) is 5.92 Å². The van der Waals surface area contributed by atoms with Crippen LogP contribution in [-0.4, -0.2) is 41.8 Å². The quantitative estimate of drug-likeness (QED) is 0.843. The molecule has 0 bridgehead atoms. The number of hydrogen-bond donors (Lipinski definition) is 1. The monoisotopic (exact) mass is 330 g/mol. The van der Waals surface area contributed by atoms with Crippen molar-refractivity contribution in [2.75, 3.05) is 13.1 Å². The number of ether oxygens (including phenoxy) is 1. The lowest BCUT2D eigenvalue weighted by atomic mass is 9.99. The Balaban J connectivity index is 1.58. The summed E-state index contributed by atoms with van der Waals surface area (Å²) in [7, 11) is 0. The Morgan fingerprint density at radius 2 is 2.00 bits per heavy atom. The highest BCUT2D eigenvalue weighted by Gasteiger charge is 2.39. The van der Waals surface area contributed by atoms with E-state index < -0.39 is 11.9 Å². The molecule has 24 heavy (non-hydrogen) atoms. The largest absolute Gasteiger partial charge is 0.461 e. The molecule has 2 heterocycles. The zero-order chi connectivity index (χ0) is 16.9. The van der Waals surface area contributed by atoms with Crippen LogP contribution >= 0.6 is 0 Å². The van der Waals surface area contributed by atoms with Crippen LogP contribution in [0, 0.1) is 5.92 Å². The standard InChI is InChI=1S/C18H22N2O4/c21-16(24-12-13-6-2-1-3-7-13)10-14-11-19-17(22)15-8-4-5-9-20(15)18(14)23/h1-3,6-7,14-15H,4-5,8-12H2,(H,19,22)/t14-,15+/m0/s1. The third-order valence-electron chi connectivity index (χ3n) is 4.62. The summed E-state index contributed by atoms with van der Waals surface area (Å²) in [6.45, 7) is 0.983. The Hall–Kier alpha value is -2.37. The van der Waals surface area contributed by atoms with Gasteiger partial charge in [0.05, 0.1) is 12.3 Å². The van der Waals surface area contributed by atoms with E-state index in [9.17, 15) is 14.4 Å². The van der Waals surface area contributed by atoms with Crippen molar-refractivity contribution in [1.29, 1.82) is 0 Å². The summed E-state index contributed by atoms with van der Waals surface area (Å²) < 4.78 is 5.26. The first-order valence-corrected chi connectivity index (χ1v) is 8.43. The molecule has 0 saturated carbocycles. The van der Waals surface area contributed by atoms with Crippen LogP contribution in [0.25, 0.3) is 0 Å². The maximum Gasteiger partial charge on any atom is 0.306 e. The molecule has 128 valence electrons. The molecule has 0 aromatic heterocycles. The molecule has 0 aliphatic carbocycles. The van der Waals surface area contributed by atoms with Gasteiger partial charge in [-0.2, -0.15) is 0 Å². The fourth-order valence-electron chi connectivity index (χ4n) is 3.29. The lowest BCUT2D eigenvalue weighted by Gasteiger charge is -2.33. The summed E-state index contributed by atoms with van der Waals surface area (Å²) in [5, 5.41) is 2.79. The maximum atomic E-state index is 12.7. The minimum Gasteiger partial charge on any atom is -0.461 e. The summed E-state index contributed by atoms with van der Waals surface area (Å²) in [6, 6.07) is 9.03. The van der Waals surface area contributed by atoms with Gasteiger partial charge in [0.25, 0.3) is 0 Å². The Bertz CT molecular complexity index is 617. The molecule has 2 fully saturated rings. The molecule has 6 nitrogen and oxygen atoms in total. The molecule has 3 rings (SSSR count). The first kappa shape index (κ1) is 16.5. The summed E-state index contributed by atoms with van der Waals surface area (Å²) in [5.41, 5.74) is 0.905. The van der Waals surface area contributed by atoms with Gasteiger partial charge in [-0.25, -0.2) is 0 Å². The van der Waals surface area contributed by atoms with E-state index in [1.807, 2.05) is 30.3 Å². The minimum absolute atomic E-state index is 0.00479. The van der Waals surface area contributed by atoms with Crippen LogP contribution in [-0.2, 0) is 25.7 Å². The van der Waals surface area contributed by atoms with Crippen molar-refractivity contribution < 1.29 is 19.1 Å². The number of benzene rings is 1. The smallest absolute Gasteiger partial charge is 0.306 e. The number of amides is 2. The van der Waals surface area contributed by atoms with E-state index in [-0.39, 0.29) is 37.4 Å².